The van der Waals surface area contributed by atoms with Gasteiger partial charge in [0.05, 0.1) is 38.1 Å². The number of carbonyl (C=O) groups excluding carboxylic acids is 1. The van der Waals surface area contributed by atoms with Crippen LogP contribution in [-0.4, -0.2) is 34.3 Å². The molecule has 1 atom stereocenters. The minimum Gasteiger partial charge on any atom is -0.496 e. The van der Waals surface area contributed by atoms with Crippen LogP contribution in [0.15, 0.2) is 18.2 Å². The van der Waals surface area contributed by atoms with Crippen LogP contribution in [0.25, 0.3) is 11.1 Å². The second kappa shape index (κ2) is 8.46. The molecule has 1 aliphatic carbocycles. The molecule has 0 bridgehead atoms. The Bertz CT molecular complexity index is 912. The van der Waals surface area contributed by atoms with Crippen molar-refractivity contribution in [1.29, 1.82) is 0 Å². The number of carbonyl (C=O) groups is 1. The van der Waals surface area contributed by atoms with Gasteiger partial charge < -0.3 is 24.3 Å². The fraction of sp³-hybridized carbons (Fsp3) is 0.381. The monoisotopic (exact) mass is 497 g/mol. The summed E-state index contributed by atoms with van der Waals surface area (Å²) in [6.45, 7) is 1.54. The Balaban J connectivity index is 2.36. The lowest BCUT2D eigenvalue weighted by Crippen LogP contribution is -2.26. The molecule has 0 aromatic heterocycles. The molecular weight excluding hydrogens is 473 g/mol. The zero-order chi connectivity index (χ0) is 20.4. The van der Waals surface area contributed by atoms with Gasteiger partial charge in [0, 0.05) is 12.5 Å². The van der Waals surface area contributed by atoms with Gasteiger partial charge in [-0.25, -0.2) is 0 Å². The number of benzene rings is 2. The van der Waals surface area contributed by atoms with Crippen molar-refractivity contribution in [3.63, 3.8) is 0 Å². The van der Waals surface area contributed by atoms with E-state index in [1.807, 2.05) is 12.1 Å². The van der Waals surface area contributed by atoms with Gasteiger partial charge in [0.15, 0.2) is 11.5 Å². The van der Waals surface area contributed by atoms with E-state index < -0.39 is 0 Å². The highest BCUT2D eigenvalue weighted by Gasteiger charge is 2.30. The third kappa shape index (κ3) is 3.59. The number of halogens is 1. The Hall–Kier alpha value is -2.16. The van der Waals surface area contributed by atoms with Crippen molar-refractivity contribution < 1.29 is 23.7 Å². The Morgan fingerprint density at radius 2 is 1.68 bits per heavy atom. The molecular formula is C21H24INO5. The molecule has 6 nitrogen and oxygen atoms in total. The summed E-state index contributed by atoms with van der Waals surface area (Å²) in [5.74, 6) is 2.51. The van der Waals surface area contributed by atoms with Crippen LogP contribution >= 0.6 is 22.6 Å². The minimum atomic E-state index is -0.132. The van der Waals surface area contributed by atoms with Crippen molar-refractivity contribution in [3.8, 4) is 34.1 Å². The number of rotatable bonds is 5. The van der Waals surface area contributed by atoms with Gasteiger partial charge in [0.2, 0.25) is 11.7 Å². The van der Waals surface area contributed by atoms with Crippen molar-refractivity contribution >= 4 is 28.5 Å². The lowest BCUT2D eigenvalue weighted by Gasteiger charge is -2.22. The van der Waals surface area contributed by atoms with E-state index >= 15 is 0 Å². The molecule has 1 amide bonds. The van der Waals surface area contributed by atoms with Crippen LogP contribution in [0, 0.1) is 3.57 Å². The number of ether oxygens (including phenoxy) is 4. The number of methoxy groups -OCH3 is 4. The number of fused-ring (bicyclic) bond motifs is 3. The topological polar surface area (TPSA) is 66.0 Å². The minimum absolute atomic E-state index is 0.0680. The molecule has 0 aliphatic heterocycles. The van der Waals surface area contributed by atoms with Gasteiger partial charge in [-0.2, -0.15) is 0 Å². The second-order valence-corrected chi connectivity index (χ2v) is 7.71. The molecule has 0 saturated heterocycles. The fourth-order valence-electron chi connectivity index (χ4n) is 3.78. The van der Waals surface area contributed by atoms with E-state index in [0.29, 0.717) is 17.2 Å². The van der Waals surface area contributed by atoms with Crippen molar-refractivity contribution in [2.75, 3.05) is 28.4 Å². The SMILES string of the molecule is COc1cc2c(cc1I)-c1c(cc(OC)c(OC)c1OC)CC[C@@H]2NC(C)=O. The molecule has 2 aromatic carbocycles. The molecule has 3 rings (SSSR count). The number of hydrogen-bond donors (Lipinski definition) is 1. The standard InChI is InChI=1S/C21H24INO5/c1-11(24)23-16-7-6-12-8-18(26-3)20(27-4)21(28-5)19(12)14-9-15(22)17(25-2)10-13(14)16/h8-10,16H,6-7H2,1-5H3,(H,23,24)/t16-/m0/s1. The Labute approximate surface area is 178 Å². The van der Waals surface area contributed by atoms with E-state index in [1.54, 1.807) is 28.4 Å². The van der Waals surface area contributed by atoms with Crippen LogP contribution in [0.5, 0.6) is 23.0 Å². The summed E-state index contributed by atoms with van der Waals surface area (Å²) < 4.78 is 23.4. The second-order valence-electron chi connectivity index (χ2n) is 6.55. The van der Waals surface area contributed by atoms with Crippen LogP contribution in [0.2, 0.25) is 0 Å². The first-order valence-electron chi connectivity index (χ1n) is 8.91. The van der Waals surface area contributed by atoms with Crippen LogP contribution in [0.3, 0.4) is 0 Å². The molecule has 0 heterocycles. The normalized spacial score (nSPS) is 15.0. The van der Waals surface area contributed by atoms with Gasteiger partial charge in [-0.3, -0.25) is 4.79 Å². The summed E-state index contributed by atoms with van der Waals surface area (Å²) in [7, 11) is 6.49. The molecule has 0 unspecified atom stereocenters. The molecule has 28 heavy (non-hydrogen) atoms. The highest BCUT2D eigenvalue weighted by Crippen LogP contribution is 2.51. The van der Waals surface area contributed by atoms with E-state index in [9.17, 15) is 4.79 Å². The first kappa shape index (κ1) is 20.6. The third-order valence-corrected chi connectivity index (χ3v) is 5.80. The average Bonchev–Trinajstić information content (AvgIpc) is 2.82. The first-order valence-corrected chi connectivity index (χ1v) is 9.99. The van der Waals surface area contributed by atoms with Crippen molar-refractivity contribution in [2.45, 2.75) is 25.8 Å². The molecule has 0 saturated carbocycles. The summed E-state index contributed by atoms with van der Waals surface area (Å²) in [5, 5.41) is 3.08. The predicted octanol–water partition coefficient (Wildman–Crippen LogP) is 4.12. The van der Waals surface area contributed by atoms with Crippen molar-refractivity contribution in [3.05, 3.63) is 32.9 Å². The van der Waals surface area contributed by atoms with Crippen LogP contribution in [-0.2, 0) is 11.2 Å². The highest BCUT2D eigenvalue weighted by molar-refractivity contribution is 14.1. The number of nitrogens with one attached hydrogen (secondary N) is 1. The van der Waals surface area contributed by atoms with Crippen LogP contribution < -0.4 is 24.3 Å². The number of amides is 1. The Morgan fingerprint density at radius 3 is 2.25 bits per heavy atom. The predicted molar refractivity (Wildman–Crippen MR) is 116 cm³/mol. The number of aryl methyl sites for hydroxylation is 1. The summed E-state index contributed by atoms with van der Waals surface area (Å²) in [5.41, 5.74) is 4.04. The quantitative estimate of drug-likeness (QED) is 0.630. The van der Waals surface area contributed by atoms with Crippen LogP contribution in [0.1, 0.15) is 30.5 Å². The van der Waals surface area contributed by atoms with E-state index in [2.05, 4.69) is 34.0 Å². The van der Waals surface area contributed by atoms with Gasteiger partial charge in [-0.05, 0) is 70.3 Å². The largest absolute Gasteiger partial charge is 0.496 e. The zero-order valence-corrected chi connectivity index (χ0v) is 18.8. The van der Waals surface area contributed by atoms with Gasteiger partial charge >= 0.3 is 0 Å². The summed E-state index contributed by atoms with van der Waals surface area (Å²) in [6, 6.07) is 5.94. The van der Waals surface area contributed by atoms with E-state index in [1.165, 1.54) is 6.92 Å². The Kier molecular flexibility index (Phi) is 6.22. The molecule has 1 N–H and O–H groups in total. The summed E-state index contributed by atoms with van der Waals surface area (Å²) in [4.78, 5) is 11.8. The van der Waals surface area contributed by atoms with Gasteiger partial charge in [-0.15, -0.1) is 0 Å². The maximum Gasteiger partial charge on any atom is 0.217 e. The first-order chi connectivity index (χ1) is 13.4. The molecule has 1 aliphatic rings. The highest BCUT2D eigenvalue weighted by atomic mass is 127. The maximum atomic E-state index is 11.8. The lowest BCUT2D eigenvalue weighted by molar-refractivity contribution is -0.119. The van der Waals surface area contributed by atoms with Gasteiger partial charge in [0.1, 0.15) is 5.75 Å². The van der Waals surface area contributed by atoms with Gasteiger partial charge in [0.25, 0.3) is 0 Å². The van der Waals surface area contributed by atoms with Crippen molar-refractivity contribution in [1.82, 2.24) is 5.32 Å². The lowest BCUT2D eigenvalue weighted by atomic mass is 9.93. The van der Waals surface area contributed by atoms with E-state index in [0.717, 1.165) is 44.4 Å². The molecule has 150 valence electrons. The molecule has 0 radical (unpaired) electrons. The summed E-state index contributed by atoms with van der Waals surface area (Å²) in [6.07, 6.45) is 1.51. The van der Waals surface area contributed by atoms with Crippen molar-refractivity contribution in [2.24, 2.45) is 0 Å². The maximum absolute atomic E-state index is 11.8. The van der Waals surface area contributed by atoms with Crippen LogP contribution in [0.4, 0.5) is 0 Å². The van der Waals surface area contributed by atoms with E-state index in [4.69, 9.17) is 18.9 Å². The number of hydrogen-bond acceptors (Lipinski definition) is 5. The Morgan fingerprint density at radius 1 is 1.00 bits per heavy atom. The molecule has 7 heteroatoms. The molecule has 0 fully saturated rings. The average molecular weight is 497 g/mol. The molecule has 2 aromatic rings. The van der Waals surface area contributed by atoms with Gasteiger partial charge in [-0.1, -0.05) is 0 Å². The third-order valence-electron chi connectivity index (χ3n) is 4.96. The fourth-order valence-corrected chi connectivity index (χ4v) is 4.47. The zero-order valence-electron chi connectivity index (χ0n) is 16.6. The molecule has 0 spiro atoms. The smallest absolute Gasteiger partial charge is 0.217 e. The summed E-state index contributed by atoms with van der Waals surface area (Å²) >= 11 is 2.26. The van der Waals surface area contributed by atoms with E-state index in [-0.39, 0.29) is 11.9 Å².